The molecule has 2 aromatic rings. The molecule has 0 fully saturated rings. The third-order valence-corrected chi connectivity index (χ3v) is 4.12. The van der Waals surface area contributed by atoms with Crippen molar-refractivity contribution in [2.45, 2.75) is 39.7 Å². The number of amides is 1. The Hall–Kier alpha value is -2.49. The van der Waals surface area contributed by atoms with E-state index in [0.717, 1.165) is 29.9 Å². The zero-order valence-electron chi connectivity index (χ0n) is 16.1. The second-order valence-corrected chi connectivity index (χ2v) is 6.80. The molecule has 0 aromatic heterocycles. The average molecular weight is 355 g/mol. The van der Waals surface area contributed by atoms with E-state index >= 15 is 0 Å². The van der Waals surface area contributed by atoms with Crippen LogP contribution in [0.25, 0.3) is 0 Å². The van der Waals surface area contributed by atoms with Gasteiger partial charge >= 0.3 is 0 Å². The van der Waals surface area contributed by atoms with Crippen LogP contribution in [0.5, 0.6) is 11.5 Å². The molecule has 2 rings (SSSR count). The number of ether oxygens (including phenoxy) is 2. The monoisotopic (exact) mass is 355 g/mol. The van der Waals surface area contributed by atoms with Gasteiger partial charge in [0.25, 0.3) is 5.91 Å². The van der Waals surface area contributed by atoms with E-state index in [1.807, 2.05) is 36.4 Å². The van der Waals surface area contributed by atoms with Crippen LogP contribution in [-0.4, -0.2) is 19.6 Å². The van der Waals surface area contributed by atoms with Crippen molar-refractivity contribution in [1.29, 1.82) is 0 Å². The molecule has 1 N–H and O–H groups in total. The maximum Gasteiger partial charge on any atom is 0.251 e. The van der Waals surface area contributed by atoms with Crippen LogP contribution in [0.15, 0.2) is 48.5 Å². The third-order valence-electron chi connectivity index (χ3n) is 4.12. The van der Waals surface area contributed by atoms with Crippen LogP contribution in [0.1, 0.15) is 55.6 Å². The van der Waals surface area contributed by atoms with E-state index in [1.165, 1.54) is 0 Å². The second kappa shape index (κ2) is 9.85. The lowest BCUT2D eigenvalue weighted by molar-refractivity contribution is 0.0932. The van der Waals surface area contributed by atoms with Gasteiger partial charge in [-0.25, -0.2) is 0 Å². The van der Waals surface area contributed by atoms with Gasteiger partial charge in [-0.1, -0.05) is 32.9 Å². The van der Waals surface area contributed by atoms with Gasteiger partial charge in [-0.2, -0.15) is 0 Å². The normalized spacial score (nSPS) is 11.9. The van der Waals surface area contributed by atoms with E-state index in [2.05, 4.69) is 26.1 Å². The highest BCUT2D eigenvalue weighted by Gasteiger charge is 2.17. The molecule has 0 unspecified atom stereocenters. The predicted octanol–water partition coefficient (Wildman–Crippen LogP) is 5.00. The van der Waals surface area contributed by atoms with Crippen LogP contribution in [0, 0.1) is 5.92 Å². The van der Waals surface area contributed by atoms with Gasteiger partial charge in [0, 0.05) is 5.56 Å². The van der Waals surface area contributed by atoms with Crippen molar-refractivity contribution in [3.8, 4) is 11.5 Å². The number of rotatable bonds is 9. The fourth-order valence-electron chi connectivity index (χ4n) is 2.75. The fourth-order valence-corrected chi connectivity index (χ4v) is 2.75. The standard InChI is InChI=1S/C22H29NO3/c1-5-14-26-20-12-8-18(9-13-20)22(24)23-21(15-16(2)3)17-6-10-19(25-4)11-7-17/h6-13,16,21H,5,14-15H2,1-4H3,(H,23,24)/t21-/m0/s1. The molecule has 140 valence electrons. The molecule has 0 radical (unpaired) electrons. The number of benzene rings is 2. The minimum atomic E-state index is -0.0755. The number of hydrogen-bond donors (Lipinski definition) is 1. The van der Waals surface area contributed by atoms with Crippen molar-refractivity contribution in [2.75, 3.05) is 13.7 Å². The first kappa shape index (κ1) is 19.8. The van der Waals surface area contributed by atoms with E-state index in [4.69, 9.17) is 9.47 Å². The highest BCUT2D eigenvalue weighted by atomic mass is 16.5. The Bertz CT molecular complexity index is 678. The Balaban J connectivity index is 2.09. The largest absolute Gasteiger partial charge is 0.497 e. The van der Waals surface area contributed by atoms with Crippen molar-refractivity contribution < 1.29 is 14.3 Å². The zero-order chi connectivity index (χ0) is 18.9. The molecule has 4 nitrogen and oxygen atoms in total. The lowest BCUT2D eigenvalue weighted by Crippen LogP contribution is -2.29. The average Bonchev–Trinajstić information content (AvgIpc) is 2.66. The third kappa shape index (κ3) is 5.80. The maximum absolute atomic E-state index is 12.7. The summed E-state index contributed by atoms with van der Waals surface area (Å²) in [4.78, 5) is 12.7. The molecule has 0 bridgehead atoms. The van der Waals surface area contributed by atoms with E-state index in [1.54, 1.807) is 19.2 Å². The SMILES string of the molecule is CCCOc1ccc(C(=O)N[C@@H](CC(C)C)c2ccc(OC)cc2)cc1. The van der Waals surface area contributed by atoms with Crippen molar-refractivity contribution in [3.63, 3.8) is 0 Å². The summed E-state index contributed by atoms with van der Waals surface area (Å²) < 4.78 is 10.8. The van der Waals surface area contributed by atoms with Gasteiger partial charge in [-0.05, 0) is 60.7 Å². The van der Waals surface area contributed by atoms with E-state index in [0.29, 0.717) is 18.1 Å². The Labute approximate surface area is 156 Å². The molecule has 0 aliphatic heterocycles. The molecular weight excluding hydrogens is 326 g/mol. The fraction of sp³-hybridized carbons (Fsp3) is 0.409. The van der Waals surface area contributed by atoms with Crippen molar-refractivity contribution in [3.05, 3.63) is 59.7 Å². The number of carbonyl (C=O) groups is 1. The summed E-state index contributed by atoms with van der Waals surface area (Å²) in [6, 6.07) is 15.1. The topological polar surface area (TPSA) is 47.6 Å². The predicted molar refractivity (Wildman–Crippen MR) is 105 cm³/mol. The highest BCUT2D eigenvalue weighted by molar-refractivity contribution is 5.94. The Kier molecular flexibility index (Phi) is 7.52. The van der Waals surface area contributed by atoms with Gasteiger partial charge in [0.2, 0.25) is 0 Å². The molecule has 0 aliphatic rings. The summed E-state index contributed by atoms with van der Waals surface area (Å²) in [5, 5.41) is 3.16. The summed E-state index contributed by atoms with van der Waals surface area (Å²) in [7, 11) is 1.65. The number of carbonyl (C=O) groups excluding carboxylic acids is 1. The molecule has 4 heteroatoms. The van der Waals surface area contributed by atoms with Gasteiger partial charge in [-0.15, -0.1) is 0 Å². The van der Waals surface area contributed by atoms with Gasteiger partial charge in [0.05, 0.1) is 19.8 Å². The zero-order valence-corrected chi connectivity index (χ0v) is 16.1. The molecule has 0 spiro atoms. The van der Waals surface area contributed by atoms with Crippen LogP contribution in [-0.2, 0) is 0 Å². The highest BCUT2D eigenvalue weighted by Crippen LogP contribution is 2.24. The second-order valence-electron chi connectivity index (χ2n) is 6.80. The van der Waals surface area contributed by atoms with E-state index in [-0.39, 0.29) is 11.9 Å². The van der Waals surface area contributed by atoms with E-state index < -0.39 is 0 Å². The Morgan fingerprint density at radius 3 is 2.15 bits per heavy atom. The molecule has 0 saturated heterocycles. The summed E-state index contributed by atoms with van der Waals surface area (Å²) in [6.07, 6.45) is 1.83. The van der Waals surface area contributed by atoms with Gasteiger partial charge in [0.1, 0.15) is 11.5 Å². The minimum absolute atomic E-state index is 0.0376. The van der Waals surface area contributed by atoms with Crippen molar-refractivity contribution in [2.24, 2.45) is 5.92 Å². The molecule has 26 heavy (non-hydrogen) atoms. The van der Waals surface area contributed by atoms with Crippen LogP contribution in [0.4, 0.5) is 0 Å². The van der Waals surface area contributed by atoms with Gasteiger partial charge in [0.15, 0.2) is 0 Å². The molecule has 2 aromatic carbocycles. The molecule has 1 amide bonds. The number of methoxy groups -OCH3 is 1. The van der Waals surface area contributed by atoms with Crippen molar-refractivity contribution >= 4 is 5.91 Å². The first-order valence-corrected chi connectivity index (χ1v) is 9.21. The Morgan fingerprint density at radius 2 is 1.62 bits per heavy atom. The van der Waals surface area contributed by atoms with Crippen molar-refractivity contribution in [1.82, 2.24) is 5.32 Å². The molecule has 0 aliphatic carbocycles. The van der Waals surface area contributed by atoms with Crippen LogP contribution < -0.4 is 14.8 Å². The van der Waals surface area contributed by atoms with Crippen LogP contribution in [0.3, 0.4) is 0 Å². The molecule has 0 saturated carbocycles. The molecular formula is C22H29NO3. The smallest absolute Gasteiger partial charge is 0.251 e. The van der Waals surface area contributed by atoms with Crippen LogP contribution in [0.2, 0.25) is 0 Å². The quantitative estimate of drug-likeness (QED) is 0.688. The minimum Gasteiger partial charge on any atom is -0.497 e. The lowest BCUT2D eigenvalue weighted by atomic mass is 9.96. The lowest BCUT2D eigenvalue weighted by Gasteiger charge is -2.21. The van der Waals surface area contributed by atoms with Gasteiger partial charge < -0.3 is 14.8 Å². The first-order valence-electron chi connectivity index (χ1n) is 9.21. The van der Waals surface area contributed by atoms with Gasteiger partial charge in [-0.3, -0.25) is 4.79 Å². The first-order chi connectivity index (χ1) is 12.5. The van der Waals surface area contributed by atoms with Crippen LogP contribution >= 0.6 is 0 Å². The molecule has 1 atom stereocenters. The summed E-state index contributed by atoms with van der Waals surface area (Å²) in [6.45, 7) is 7.06. The summed E-state index contributed by atoms with van der Waals surface area (Å²) in [5.74, 6) is 1.99. The van der Waals surface area contributed by atoms with E-state index in [9.17, 15) is 4.79 Å². The number of nitrogens with one attached hydrogen (secondary N) is 1. The maximum atomic E-state index is 12.7. The Morgan fingerprint density at radius 1 is 1.00 bits per heavy atom. The summed E-state index contributed by atoms with van der Waals surface area (Å²) >= 11 is 0. The summed E-state index contributed by atoms with van der Waals surface area (Å²) in [5.41, 5.74) is 1.71. The molecule has 0 heterocycles. The number of hydrogen-bond acceptors (Lipinski definition) is 3.